The Morgan fingerprint density at radius 1 is 1.07 bits per heavy atom. The second-order valence-corrected chi connectivity index (χ2v) is 6.82. The number of halogens is 1. The van der Waals surface area contributed by atoms with E-state index in [1.165, 1.54) is 18.3 Å². The summed E-state index contributed by atoms with van der Waals surface area (Å²) in [5, 5.41) is 9.60. The Bertz CT molecular complexity index is 946. The second kappa shape index (κ2) is 7.77. The zero-order chi connectivity index (χ0) is 19.5. The monoisotopic (exact) mass is 380 g/mol. The molecular weight excluding hydrogens is 359 g/mol. The summed E-state index contributed by atoms with van der Waals surface area (Å²) < 4.78 is 13.1. The number of piperazine rings is 1. The van der Waals surface area contributed by atoms with Crippen molar-refractivity contribution >= 4 is 17.4 Å². The van der Waals surface area contributed by atoms with E-state index in [0.717, 1.165) is 32.0 Å². The molecule has 28 heavy (non-hydrogen) atoms. The molecule has 0 atom stereocenters. The zero-order valence-electron chi connectivity index (χ0n) is 15.5. The van der Waals surface area contributed by atoms with E-state index >= 15 is 0 Å². The van der Waals surface area contributed by atoms with Crippen LogP contribution in [0.2, 0.25) is 0 Å². The number of carbonyl (C=O) groups excluding carboxylic acids is 1. The van der Waals surface area contributed by atoms with E-state index in [-0.39, 0.29) is 11.7 Å². The fourth-order valence-corrected chi connectivity index (χ4v) is 3.18. The molecule has 0 bridgehead atoms. The molecule has 1 aliphatic heterocycles. The van der Waals surface area contributed by atoms with E-state index in [1.807, 2.05) is 12.1 Å². The van der Waals surface area contributed by atoms with Gasteiger partial charge in [0.05, 0.1) is 29.3 Å². The van der Waals surface area contributed by atoms with Gasteiger partial charge in [-0.05, 0) is 43.4 Å². The molecule has 4 rings (SSSR count). The van der Waals surface area contributed by atoms with Gasteiger partial charge in [-0.25, -0.2) is 9.37 Å². The van der Waals surface area contributed by atoms with Gasteiger partial charge in [0, 0.05) is 31.7 Å². The van der Waals surface area contributed by atoms with Crippen LogP contribution in [0, 0.1) is 5.82 Å². The van der Waals surface area contributed by atoms with E-state index < -0.39 is 0 Å². The van der Waals surface area contributed by atoms with Crippen LogP contribution in [-0.2, 0) is 0 Å². The molecule has 0 spiro atoms. The van der Waals surface area contributed by atoms with Gasteiger partial charge in [0.1, 0.15) is 11.6 Å². The molecule has 0 aliphatic carbocycles. The second-order valence-electron chi connectivity index (χ2n) is 6.82. The van der Waals surface area contributed by atoms with Crippen molar-refractivity contribution in [2.45, 2.75) is 0 Å². The molecule has 0 unspecified atom stereocenters. The summed E-state index contributed by atoms with van der Waals surface area (Å²) in [5.74, 6) is 0.268. The van der Waals surface area contributed by atoms with E-state index in [9.17, 15) is 9.18 Å². The van der Waals surface area contributed by atoms with Crippen molar-refractivity contribution in [2.24, 2.45) is 0 Å². The highest BCUT2D eigenvalue weighted by Crippen LogP contribution is 2.23. The van der Waals surface area contributed by atoms with Gasteiger partial charge in [0.15, 0.2) is 0 Å². The van der Waals surface area contributed by atoms with E-state index in [0.29, 0.717) is 22.5 Å². The number of amides is 1. The lowest BCUT2D eigenvalue weighted by atomic mass is 10.1. The van der Waals surface area contributed by atoms with Crippen LogP contribution in [0.3, 0.4) is 0 Å². The number of aromatic nitrogens is 3. The highest BCUT2D eigenvalue weighted by atomic mass is 19.1. The van der Waals surface area contributed by atoms with Gasteiger partial charge in [-0.2, -0.15) is 5.10 Å². The summed E-state index contributed by atoms with van der Waals surface area (Å²) in [7, 11) is 2.11. The topological polar surface area (TPSA) is 77.1 Å². The number of anilines is 2. The summed E-state index contributed by atoms with van der Waals surface area (Å²) in [6.45, 7) is 3.89. The van der Waals surface area contributed by atoms with Gasteiger partial charge in [-0.1, -0.05) is 0 Å². The minimum atomic E-state index is -0.333. The summed E-state index contributed by atoms with van der Waals surface area (Å²) in [4.78, 5) is 21.7. The Morgan fingerprint density at radius 3 is 2.50 bits per heavy atom. The lowest BCUT2D eigenvalue weighted by Gasteiger charge is -2.33. The van der Waals surface area contributed by atoms with Crippen molar-refractivity contribution in [1.29, 1.82) is 0 Å². The molecule has 1 amide bonds. The average molecular weight is 380 g/mol. The quantitative estimate of drug-likeness (QED) is 0.728. The lowest BCUT2D eigenvalue weighted by molar-refractivity contribution is 0.102. The molecule has 7 nitrogen and oxygen atoms in total. The largest absolute Gasteiger partial charge is 0.354 e. The van der Waals surface area contributed by atoms with Gasteiger partial charge < -0.3 is 15.1 Å². The van der Waals surface area contributed by atoms with Crippen LogP contribution >= 0.6 is 0 Å². The Balaban J connectivity index is 1.46. The first kappa shape index (κ1) is 18.1. The minimum absolute atomic E-state index is 0.303. The molecule has 144 valence electrons. The summed E-state index contributed by atoms with van der Waals surface area (Å²) >= 11 is 0. The number of hydrogen-bond donors (Lipinski definition) is 2. The molecule has 1 fully saturated rings. The van der Waals surface area contributed by atoms with Crippen molar-refractivity contribution in [2.75, 3.05) is 43.4 Å². The molecule has 3 aromatic rings. The zero-order valence-corrected chi connectivity index (χ0v) is 15.5. The van der Waals surface area contributed by atoms with E-state index in [4.69, 9.17) is 0 Å². The number of nitrogens with one attached hydrogen (secondary N) is 2. The summed E-state index contributed by atoms with van der Waals surface area (Å²) in [5.41, 5.74) is 2.22. The molecule has 2 N–H and O–H groups in total. The number of benzene rings is 1. The standard InChI is InChI=1S/C20H21FN6O/c1-26-8-10-27(11-9-26)18-7-6-16(12-22-18)24-20(28)17-13-23-25-19(17)14-2-4-15(21)5-3-14/h2-7,12-13H,8-11H2,1H3,(H,23,25)(H,24,28). The van der Waals surface area contributed by atoms with Crippen LogP contribution in [0.25, 0.3) is 11.3 Å². The fourth-order valence-electron chi connectivity index (χ4n) is 3.18. The number of pyridine rings is 1. The van der Waals surface area contributed by atoms with Crippen molar-refractivity contribution < 1.29 is 9.18 Å². The first-order valence-electron chi connectivity index (χ1n) is 9.10. The normalized spacial score (nSPS) is 14.9. The highest BCUT2D eigenvalue weighted by molar-refractivity contribution is 6.07. The van der Waals surface area contributed by atoms with Crippen LogP contribution in [0.15, 0.2) is 48.8 Å². The fraction of sp³-hybridized carbons (Fsp3) is 0.250. The highest BCUT2D eigenvalue weighted by Gasteiger charge is 2.17. The van der Waals surface area contributed by atoms with E-state index in [2.05, 4.69) is 37.3 Å². The van der Waals surface area contributed by atoms with Crippen molar-refractivity contribution in [3.63, 3.8) is 0 Å². The number of hydrogen-bond acceptors (Lipinski definition) is 5. The molecule has 2 aromatic heterocycles. The number of H-pyrrole nitrogens is 1. The maximum Gasteiger partial charge on any atom is 0.259 e. The number of aromatic amines is 1. The molecule has 0 radical (unpaired) electrons. The predicted octanol–water partition coefficient (Wildman–Crippen LogP) is 2.61. The molecule has 3 heterocycles. The van der Waals surface area contributed by atoms with E-state index in [1.54, 1.807) is 18.3 Å². The summed E-state index contributed by atoms with van der Waals surface area (Å²) in [6, 6.07) is 9.66. The first-order chi connectivity index (χ1) is 13.6. The average Bonchev–Trinajstić information content (AvgIpc) is 3.20. The van der Waals surface area contributed by atoms with Crippen LogP contribution in [-0.4, -0.2) is 59.2 Å². The Hall–Kier alpha value is -3.26. The van der Waals surface area contributed by atoms with Crippen LogP contribution in [0.4, 0.5) is 15.9 Å². The third-order valence-electron chi connectivity index (χ3n) is 4.85. The predicted molar refractivity (Wildman–Crippen MR) is 106 cm³/mol. The molecular formula is C20H21FN6O. The SMILES string of the molecule is CN1CCN(c2ccc(NC(=O)c3cn[nH]c3-c3ccc(F)cc3)cn2)CC1. The molecule has 1 aromatic carbocycles. The summed E-state index contributed by atoms with van der Waals surface area (Å²) in [6.07, 6.45) is 3.11. The van der Waals surface area contributed by atoms with Crippen molar-refractivity contribution in [1.82, 2.24) is 20.1 Å². The van der Waals surface area contributed by atoms with Gasteiger partial charge in [-0.15, -0.1) is 0 Å². The van der Waals surface area contributed by atoms with Gasteiger partial charge in [-0.3, -0.25) is 9.89 Å². The van der Waals surface area contributed by atoms with Gasteiger partial charge >= 0.3 is 0 Å². The van der Waals surface area contributed by atoms with Crippen LogP contribution in [0.5, 0.6) is 0 Å². The van der Waals surface area contributed by atoms with Crippen molar-refractivity contribution in [3.8, 4) is 11.3 Å². The van der Waals surface area contributed by atoms with Crippen molar-refractivity contribution in [3.05, 3.63) is 60.2 Å². The van der Waals surface area contributed by atoms with Gasteiger partial charge in [0.2, 0.25) is 0 Å². The Labute approximate surface area is 162 Å². The number of carbonyl (C=O) groups is 1. The third-order valence-corrected chi connectivity index (χ3v) is 4.85. The lowest BCUT2D eigenvalue weighted by Crippen LogP contribution is -2.44. The Kier molecular flexibility index (Phi) is 5.03. The molecule has 1 saturated heterocycles. The molecule has 1 aliphatic rings. The first-order valence-corrected chi connectivity index (χ1v) is 9.10. The number of rotatable bonds is 4. The maximum absolute atomic E-state index is 13.1. The molecule has 0 saturated carbocycles. The number of likely N-dealkylation sites (N-methyl/N-ethyl adjacent to an activating group) is 1. The Morgan fingerprint density at radius 2 is 1.82 bits per heavy atom. The van der Waals surface area contributed by atoms with Crippen LogP contribution in [0.1, 0.15) is 10.4 Å². The smallest absolute Gasteiger partial charge is 0.259 e. The van der Waals surface area contributed by atoms with Gasteiger partial charge in [0.25, 0.3) is 5.91 Å². The maximum atomic E-state index is 13.1. The third kappa shape index (κ3) is 3.86. The minimum Gasteiger partial charge on any atom is -0.354 e. The van der Waals surface area contributed by atoms with Crippen LogP contribution < -0.4 is 10.2 Å². The molecule has 8 heteroatoms. The number of nitrogens with zero attached hydrogens (tertiary/aromatic N) is 4.